The number of nitrogens with zero attached hydrogens (tertiary/aromatic N) is 1. The van der Waals surface area contributed by atoms with Gasteiger partial charge in [-0.1, -0.05) is 0 Å². The third kappa shape index (κ3) is 2.96. The van der Waals surface area contributed by atoms with E-state index in [2.05, 4.69) is 15.9 Å². The van der Waals surface area contributed by atoms with Crippen molar-refractivity contribution in [2.75, 3.05) is 5.32 Å². The lowest BCUT2D eigenvalue weighted by atomic mass is 10.3. The van der Waals surface area contributed by atoms with E-state index in [0.29, 0.717) is 0 Å². The van der Waals surface area contributed by atoms with Gasteiger partial charge in [0.1, 0.15) is 0 Å². The van der Waals surface area contributed by atoms with Crippen LogP contribution < -0.4 is 5.32 Å². The molecule has 0 saturated carbocycles. The van der Waals surface area contributed by atoms with Crippen molar-refractivity contribution in [1.82, 2.24) is 0 Å². The molecule has 0 atom stereocenters. The number of hydrogen-bond acceptors (Lipinski definition) is 3. The molecule has 1 amide bonds. The first kappa shape index (κ1) is 12.5. The smallest absolute Gasteiger partial charge is 0.315 e. The lowest BCUT2D eigenvalue weighted by molar-refractivity contribution is -0.385. The molecule has 0 heterocycles. The Morgan fingerprint density at radius 2 is 2.12 bits per heavy atom. The molecule has 0 aliphatic carbocycles. The summed E-state index contributed by atoms with van der Waals surface area (Å²) in [6.07, 6.45) is -3.13. The first-order valence-electron chi connectivity index (χ1n) is 3.95. The molecule has 8 heteroatoms. The number of anilines is 1. The molecule has 0 saturated heterocycles. The van der Waals surface area contributed by atoms with E-state index >= 15 is 0 Å². The Balaban J connectivity index is 2.90. The van der Waals surface area contributed by atoms with Crippen LogP contribution in [0.25, 0.3) is 0 Å². The number of amides is 1. The standard InChI is InChI=1S/C8H5BrF2N2O3/c9-5-3-4(12-8(14)7(10)11)1-2-6(5)13(15)16/h1-3,7H,(H,12,14). The molecular formula is C8H5BrF2N2O3. The van der Waals surface area contributed by atoms with Gasteiger partial charge in [0.05, 0.1) is 9.40 Å². The molecule has 86 valence electrons. The predicted molar refractivity (Wildman–Crippen MR) is 55.4 cm³/mol. The summed E-state index contributed by atoms with van der Waals surface area (Å²) < 4.78 is 23.9. The fourth-order valence-electron chi connectivity index (χ4n) is 0.930. The van der Waals surface area contributed by atoms with Crippen LogP contribution in [0.2, 0.25) is 0 Å². The van der Waals surface area contributed by atoms with Crippen LogP contribution in [-0.4, -0.2) is 17.3 Å². The molecule has 16 heavy (non-hydrogen) atoms. The number of nitrogens with one attached hydrogen (secondary N) is 1. The zero-order valence-corrected chi connectivity index (χ0v) is 9.20. The molecular weight excluding hydrogens is 290 g/mol. The van der Waals surface area contributed by atoms with Crippen LogP contribution in [0.3, 0.4) is 0 Å². The zero-order chi connectivity index (χ0) is 12.3. The third-order valence-corrected chi connectivity index (χ3v) is 2.25. The van der Waals surface area contributed by atoms with Crippen molar-refractivity contribution in [1.29, 1.82) is 0 Å². The van der Waals surface area contributed by atoms with Crippen molar-refractivity contribution in [3.63, 3.8) is 0 Å². The number of benzene rings is 1. The van der Waals surface area contributed by atoms with Gasteiger partial charge in [-0.3, -0.25) is 14.9 Å². The Bertz CT molecular complexity index is 439. The summed E-state index contributed by atoms with van der Waals surface area (Å²) in [5.41, 5.74) is -0.155. The molecule has 1 aromatic carbocycles. The van der Waals surface area contributed by atoms with Crippen molar-refractivity contribution in [2.24, 2.45) is 0 Å². The van der Waals surface area contributed by atoms with E-state index in [4.69, 9.17) is 0 Å². The molecule has 1 rings (SSSR count). The van der Waals surface area contributed by atoms with Crippen LogP contribution in [-0.2, 0) is 4.79 Å². The van der Waals surface area contributed by atoms with Gasteiger partial charge in [-0.2, -0.15) is 8.78 Å². The summed E-state index contributed by atoms with van der Waals surface area (Å²) in [7, 11) is 0. The SMILES string of the molecule is O=C(Nc1ccc([N+](=O)[O-])c(Br)c1)C(F)F. The van der Waals surface area contributed by atoms with E-state index in [9.17, 15) is 23.7 Å². The summed E-state index contributed by atoms with van der Waals surface area (Å²) in [5, 5.41) is 12.3. The lowest BCUT2D eigenvalue weighted by Crippen LogP contribution is -2.19. The second-order valence-electron chi connectivity index (χ2n) is 2.71. The number of carbonyl (C=O) groups excluding carboxylic acids is 1. The highest BCUT2D eigenvalue weighted by Gasteiger charge is 2.17. The van der Waals surface area contributed by atoms with E-state index in [-0.39, 0.29) is 15.8 Å². The maximum Gasteiger partial charge on any atom is 0.315 e. The van der Waals surface area contributed by atoms with Gasteiger partial charge in [-0.15, -0.1) is 0 Å². The lowest BCUT2D eigenvalue weighted by Gasteiger charge is -2.04. The van der Waals surface area contributed by atoms with Gasteiger partial charge in [0.2, 0.25) is 0 Å². The second kappa shape index (κ2) is 4.97. The van der Waals surface area contributed by atoms with Gasteiger partial charge in [0, 0.05) is 11.8 Å². The Kier molecular flexibility index (Phi) is 3.88. The maximum absolute atomic E-state index is 11.9. The average Bonchev–Trinajstić information content (AvgIpc) is 2.16. The van der Waals surface area contributed by atoms with Crippen LogP contribution in [0.4, 0.5) is 20.2 Å². The minimum Gasteiger partial charge on any atom is -0.321 e. The fraction of sp³-hybridized carbons (Fsp3) is 0.125. The minimum absolute atomic E-state index is 0.0581. The molecule has 0 aromatic heterocycles. The molecule has 0 aliphatic rings. The summed E-state index contributed by atoms with van der Waals surface area (Å²) >= 11 is 2.89. The summed E-state index contributed by atoms with van der Waals surface area (Å²) in [6.45, 7) is 0. The number of carbonyl (C=O) groups is 1. The Morgan fingerprint density at radius 1 is 1.50 bits per heavy atom. The van der Waals surface area contributed by atoms with E-state index < -0.39 is 17.3 Å². The molecule has 0 aliphatic heterocycles. The number of halogens is 3. The van der Waals surface area contributed by atoms with E-state index in [1.165, 1.54) is 12.1 Å². The third-order valence-electron chi connectivity index (χ3n) is 1.61. The maximum atomic E-state index is 11.9. The molecule has 0 unspecified atom stereocenters. The monoisotopic (exact) mass is 294 g/mol. The van der Waals surface area contributed by atoms with Gasteiger partial charge < -0.3 is 5.32 Å². The Hall–Kier alpha value is -1.57. The predicted octanol–water partition coefficient (Wildman–Crippen LogP) is 2.56. The van der Waals surface area contributed by atoms with E-state index in [1.807, 2.05) is 5.32 Å². The second-order valence-corrected chi connectivity index (χ2v) is 3.57. The zero-order valence-electron chi connectivity index (χ0n) is 7.62. The van der Waals surface area contributed by atoms with Crippen molar-refractivity contribution < 1.29 is 18.5 Å². The highest BCUT2D eigenvalue weighted by molar-refractivity contribution is 9.10. The number of nitro groups is 1. The first-order chi connectivity index (χ1) is 7.41. The number of alkyl halides is 2. The van der Waals surface area contributed by atoms with Crippen LogP contribution in [0.5, 0.6) is 0 Å². The van der Waals surface area contributed by atoms with E-state index in [1.54, 1.807) is 0 Å². The van der Waals surface area contributed by atoms with Gasteiger partial charge in [0.15, 0.2) is 0 Å². The molecule has 1 N–H and O–H groups in total. The minimum atomic E-state index is -3.13. The van der Waals surface area contributed by atoms with Crippen LogP contribution in [0.15, 0.2) is 22.7 Å². The highest BCUT2D eigenvalue weighted by Crippen LogP contribution is 2.27. The first-order valence-corrected chi connectivity index (χ1v) is 4.74. The van der Waals surface area contributed by atoms with E-state index in [0.717, 1.165) is 6.07 Å². The fourth-order valence-corrected chi connectivity index (χ4v) is 1.45. The normalized spacial score (nSPS) is 10.2. The van der Waals surface area contributed by atoms with Crippen LogP contribution in [0.1, 0.15) is 0 Å². The van der Waals surface area contributed by atoms with Crippen LogP contribution >= 0.6 is 15.9 Å². The molecule has 0 fully saturated rings. The largest absolute Gasteiger partial charge is 0.321 e. The highest BCUT2D eigenvalue weighted by atomic mass is 79.9. The summed E-state index contributed by atoms with van der Waals surface area (Å²) in [4.78, 5) is 20.4. The van der Waals surface area contributed by atoms with Crippen molar-refractivity contribution in [3.8, 4) is 0 Å². The number of rotatable bonds is 3. The topological polar surface area (TPSA) is 72.2 Å². The molecule has 0 bridgehead atoms. The molecule has 0 radical (unpaired) electrons. The van der Waals surface area contributed by atoms with Gasteiger partial charge in [-0.05, 0) is 28.1 Å². The number of hydrogen-bond donors (Lipinski definition) is 1. The van der Waals surface area contributed by atoms with Gasteiger partial charge in [-0.25, -0.2) is 0 Å². The molecule has 5 nitrogen and oxygen atoms in total. The molecule has 0 spiro atoms. The van der Waals surface area contributed by atoms with Gasteiger partial charge >= 0.3 is 6.43 Å². The average molecular weight is 295 g/mol. The van der Waals surface area contributed by atoms with Crippen molar-refractivity contribution in [3.05, 3.63) is 32.8 Å². The quantitative estimate of drug-likeness (QED) is 0.688. The Labute approximate surface area is 96.7 Å². The number of nitro benzene ring substituents is 1. The van der Waals surface area contributed by atoms with Crippen molar-refractivity contribution >= 4 is 33.2 Å². The van der Waals surface area contributed by atoms with Crippen molar-refractivity contribution in [2.45, 2.75) is 6.43 Å². The molecule has 1 aromatic rings. The summed E-state index contributed by atoms with van der Waals surface area (Å²) in [5.74, 6) is -1.46. The van der Waals surface area contributed by atoms with Gasteiger partial charge in [0.25, 0.3) is 11.6 Å². The Morgan fingerprint density at radius 3 is 2.56 bits per heavy atom. The van der Waals surface area contributed by atoms with Crippen LogP contribution in [0, 0.1) is 10.1 Å². The summed E-state index contributed by atoms with van der Waals surface area (Å²) in [6, 6.07) is 3.45.